The molecule has 3 heteroatoms. The van der Waals surface area contributed by atoms with Gasteiger partial charge in [0.15, 0.2) is 0 Å². The third-order valence-electron chi connectivity index (χ3n) is 4.23. The van der Waals surface area contributed by atoms with Gasteiger partial charge in [0.1, 0.15) is 0 Å². The van der Waals surface area contributed by atoms with Crippen molar-refractivity contribution >= 4 is 23.5 Å². The summed E-state index contributed by atoms with van der Waals surface area (Å²) in [4.78, 5) is 0. The molecular weight excluding hydrogens is 270 g/mol. The van der Waals surface area contributed by atoms with Crippen LogP contribution in [-0.4, -0.2) is 34.6 Å². The second-order valence-electron chi connectivity index (χ2n) is 5.73. The standard InChI is InChI=1S/C16H33NS2/c1-5-8-9-14(6-2)12-15(17-7-3)16-13(4)18-10-11-19-16/h13-17H,5-12H2,1-4H3. The van der Waals surface area contributed by atoms with Crippen molar-refractivity contribution < 1.29 is 0 Å². The quantitative estimate of drug-likeness (QED) is 0.656. The van der Waals surface area contributed by atoms with Crippen LogP contribution >= 0.6 is 23.5 Å². The maximum absolute atomic E-state index is 3.79. The molecule has 1 N–H and O–H groups in total. The summed E-state index contributed by atoms with van der Waals surface area (Å²) in [6, 6.07) is 0.722. The topological polar surface area (TPSA) is 12.0 Å². The number of rotatable bonds is 9. The van der Waals surface area contributed by atoms with E-state index in [0.717, 1.165) is 29.0 Å². The summed E-state index contributed by atoms with van der Waals surface area (Å²) in [6.07, 6.45) is 6.90. The van der Waals surface area contributed by atoms with Gasteiger partial charge in [0.2, 0.25) is 0 Å². The first-order valence-electron chi connectivity index (χ1n) is 8.19. The molecule has 0 radical (unpaired) electrons. The van der Waals surface area contributed by atoms with Crippen molar-refractivity contribution in [3.63, 3.8) is 0 Å². The highest BCUT2D eigenvalue weighted by Gasteiger charge is 2.31. The minimum atomic E-state index is 0.722. The summed E-state index contributed by atoms with van der Waals surface area (Å²) in [6.45, 7) is 10.5. The number of nitrogens with one attached hydrogen (secondary N) is 1. The summed E-state index contributed by atoms with van der Waals surface area (Å²) in [5, 5.41) is 5.42. The van der Waals surface area contributed by atoms with Crippen LogP contribution in [0.5, 0.6) is 0 Å². The van der Waals surface area contributed by atoms with Crippen molar-refractivity contribution in [1.29, 1.82) is 0 Å². The first kappa shape index (κ1) is 17.7. The third-order valence-corrected chi connectivity index (χ3v) is 7.48. The summed E-state index contributed by atoms with van der Waals surface area (Å²) in [5.41, 5.74) is 0. The van der Waals surface area contributed by atoms with Gasteiger partial charge in [-0.25, -0.2) is 0 Å². The normalized spacial score (nSPS) is 27.2. The van der Waals surface area contributed by atoms with Gasteiger partial charge in [-0.3, -0.25) is 0 Å². The Morgan fingerprint density at radius 2 is 1.89 bits per heavy atom. The van der Waals surface area contributed by atoms with E-state index in [1.54, 1.807) is 0 Å². The van der Waals surface area contributed by atoms with Gasteiger partial charge in [-0.15, -0.1) is 0 Å². The molecule has 4 unspecified atom stereocenters. The molecule has 1 saturated heterocycles. The van der Waals surface area contributed by atoms with Crippen molar-refractivity contribution in [3.8, 4) is 0 Å². The summed E-state index contributed by atoms with van der Waals surface area (Å²) in [5.74, 6) is 3.60. The number of hydrogen-bond acceptors (Lipinski definition) is 3. The SMILES string of the molecule is CCCCC(CC)CC(NCC)C1SCCSC1C. The van der Waals surface area contributed by atoms with Crippen LogP contribution < -0.4 is 5.32 Å². The van der Waals surface area contributed by atoms with E-state index in [1.807, 2.05) is 0 Å². The molecule has 0 aromatic heterocycles. The average molecular weight is 304 g/mol. The van der Waals surface area contributed by atoms with Gasteiger partial charge < -0.3 is 5.32 Å². The lowest BCUT2D eigenvalue weighted by molar-refractivity contribution is 0.345. The van der Waals surface area contributed by atoms with Crippen LogP contribution in [0.25, 0.3) is 0 Å². The Morgan fingerprint density at radius 1 is 1.16 bits per heavy atom. The van der Waals surface area contributed by atoms with Gasteiger partial charge in [-0.1, -0.05) is 53.4 Å². The highest BCUT2D eigenvalue weighted by atomic mass is 32.2. The fourth-order valence-corrected chi connectivity index (χ4v) is 6.00. The second-order valence-corrected chi connectivity index (χ2v) is 8.50. The first-order valence-corrected chi connectivity index (χ1v) is 10.3. The van der Waals surface area contributed by atoms with E-state index >= 15 is 0 Å². The zero-order valence-electron chi connectivity index (χ0n) is 13.3. The molecule has 1 aliphatic heterocycles. The van der Waals surface area contributed by atoms with E-state index in [1.165, 1.54) is 43.6 Å². The Hall–Kier alpha value is 0.660. The van der Waals surface area contributed by atoms with Gasteiger partial charge >= 0.3 is 0 Å². The maximum Gasteiger partial charge on any atom is 0.0317 e. The van der Waals surface area contributed by atoms with E-state index < -0.39 is 0 Å². The molecular formula is C16H33NS2. The molecule has 0 spiro atoms. The van der Waals surface area contributed by atoms with Crippen molar-refractivity contribution in [2.24, 2.45) is 5.92 Å². The van der Waals surface area contributed by atoms with Gasteiger partial charge in [0.25, 0.3) is 0 Å². The van der Waals surface area contributed by atoms with Crippen LogP contribution in [0.1, 0.15) is 59.8 Å². The lowest BCUT2D eigenvalue weighted by atomic mass is 9.90. The van der Waals surface area contributed by atoms with Gasteiger partial charge in [0, 0.05) is 28.0 Å². The maximum atomic E-state index is 3.79. The average Bonchev–Trinajstić information content (AvgIpc) is 2.43. The van der Waals surface area contributed by atoms with Crippen molar-refractivity contribution in [2.75, 3.05) is 18.1 Å². The van der Waals surface area contributed by atoms with E-state index in [0.29, 0.717) is 0 Å². The fourth-order valence-electron chi connectivity index (χ4n) is 3.03. The van der Waals surface area contributed by atoms with E-state index in [4.69, 9.17) is 0 Å². The molecule has 0 amide bonds. The van der Waals surface area contributed by atoms with Crippen LogP contribution in [-0.2, 0) is 0 Å². The first-order chi connectivity index (χ1) is 9.22. The van der Waals surface area contributed by atoms with Crippen molar-refractivity contribution in [2.45, 2.75) is 76.3 Å². The molecule has 0 bridgehead atoms. The molecule has 1 heterocycles. The van der Waals surface area contributed by atoms with Gasteiger partial charge in [-0.2, -0.15) is 23.5 Å². The van der Waals surface area contributed by atoms with Crippen LogP contribution in [0.3, 0.4) is 0 Å². The van der Waals surface area contributed by atoms with E-state index in [9.17, 15) is 0 Å². The Labute approximate surface area is 129 Å². The smallest absolute Gasteiger partial charge is 0.0317 e. The molecule has 1 nitrogen and oxygen atoms in total. The van der Waals surface area contributed by atoms with Gasteiger partial charge in [-0.05, 0) is 18.9 Å². The Bertz CT molecular complexity index is 223. The Balaban J connectivity index is 2.53. The molecule has 114 valence electrons. The lowest BCUT2D eigenvalue weighted by Crippen LogP contribution is -2.45. The number of unbranched alkanes of at least 4 members (excludes halogenated alkanes) is 1. The highest BCUT2D eigenvalue weighted by Crippen LogP contribution is 2.35. The summed E-state index contributed by atoms with van der Waals surface area (Å²) < 4.78 is 0. The molecule has 0 aromatic carbocycles. The molecule has 4 atom stereocenters. The Kier molecular flexibility index (Phi) is 9.69. The molecule has 19 heavy (non-hydrogen) atoms. The molecule has 0 aliphatic carbocycles. The predicted octanol–water partition coefficient (Wildman–Crippen LogP) is 4.81. The van der Waals surface area contributed by atoms with E-state index in [2.05, 4.69) is 56.5 Å². The summed E-state index contributed by atoms with van der Waals surface area (Å²) >= 11 is 4.38. The lowest BCUT2D eigenvalue weighted by Gasteiger charge is -2.36. The van der Waals surface area contributed by atoms with Crippen LogP contribution in [0.4, 0.5) is 0 Å². The van der Waals surface area contributed by atoms with Crippen LogP contribution in [0, 0.1) is 5.92 Å². The Morgan fingerprint density at radius 3 is 2.47 bits per heavy atom. The van der Waals surface area contributed by atoms with Crippen molar-refractivity contribution in [3.05, 3.63) is 0 Å². The second kappa shape index (κ2) is 10.4. The number of thioether (sulfide) groups is 2. The molecule has 1 fully saturated rings. The zero-order chi connectivity index (χ0) is 14.1. The number of hydrogen-bond donors (Lipinski definition) is 1. The molecule has 1 aliphatic rings. The minimum absolute atomic E-state index is 0.722. The zero-order valence-corrected chi connectivity index (χ0v) is 14.9. The van der Waals surface area contributed by atoms with Crippen molar-refractivity contribution in [1.82, 2.24) is 5.32 Å². The monoisotopic (exact) mass is 303 g/mol. The summed E-state index contributed by atoms with van der Waals surface area (Å²) in [7, 11) is 0. The highest BCUT2D eigenvalue weighted by molar-refractivity contribution is 8.07. The molecule has 1 rings (SSSR count). The third kappa shape index (κ3) is 6.31. The predicted molar refractivity (Wildman–Crippen MR) is 93.6 cm³/mol. The van der Waals surface area contributed by atoms with Crippen LogP contribution in [0.2, 0.25) is 0 Å². The largest absolute Gasteiger partial charge is 0.313 e. The molecule has 0 aromatic rings. The van der Waals surface area contributed by atoms with E-state index in [-0.39, 0.29) is 0 Å². The minimum Gasteiger partial charge on any atom is -0.313 e. The van der Waals surface area contributed by atoms with Gasteiger partial charge in [0.05, 0.1) is 0 Å². The fraction of sp³-hybridized carbons (Fsp3) is 1.00. The van der Waals surface area contributed by atoms with Crippen LogP contribution in [0.15, 0.2) is 0 Å². The molecule has 0 saturated carbocycles.